The zero-order chi connectivity index (χ0) is 16.3. The van der Waals surface area contributed by atoms with E-state index in [0.29, 0.717) is 11.1 Å². The van der Waals surface area contributed by atoms with Crippen LogP contribution in [0.5, 0.6) is 5.88 Å². The third-order valence-corrected chi connectivity index (χ3v) is 3.38. The minimum absolute atomic E-state index is 0.122. The van der Waals surface area contributed by atoms with Gasteiger partial charge in [-0.05, 0) is 39.3 Å². The molecule has 0 atom stereocenters. The van der Waals surface area contributed by atoms with Gasteiger partial charge in [-0.2, -0.15) is 0 Å². The van der Waals surface area contributed by atoms with Gasteiger partial charge in [-0.3, -0.25) is 9.59 Å². The molecule has 2 rings (SSSR count). The Morgan fingerprint density at radius 1 is 1.09 bits per heavy atom. The molecule has 4 nitrogen and oxygen atoms in total. The summed E-state index contributed by atoms with van der Waals surface area (Å²) >= 11 is 0. The third kappa shape index (κ3) is 3.58. The van der Waals surface area contributed by atoms with Crippen LogP contribution in [0.1, 0.15) is 44.5 Å². The highest BCUT2D eigenvalue weighted by Gasteiger charge is 2.16. The highest BCUT2D eigenvalue weighted by molar-refractivity contribution is 5.99. The SMILES string of the molecule is CC(=O)c1c(C)cc(C)nc1OCC(=O)c1ccc(C)cc1. The predicted molar refractivity (Wildman–Crippen MR) is 84.7 cm³/mol. The molecule has 114 valence electrons. The number of nitrogens with zero attached hydrogens (tertiary/aromatic N) is 1. The van der Waals surface area contributed by atoms with Crippen molar-refractivity contribution < 1.29 is 14.3 Å². The first-order chi connectivity index (χ1) is 10.4. The maximum Gasteiger partial charge on any atom is 0.225 e. The normalized spacial score (nSPS) is 10.4. The van der Waals surface area contributed by atoms with Crippen LogP contribution in [0.3, 0.4) is 0 Å². The lowest BCUT2D eigenvalue weighted by Gasteiger charge is -2.11. The Kier molecular flexibility index (Phi) is 4.71. The zero-order valence-electron chi connectivity index (χ0n) is 13.3. The van der Waals surface area contributed by atoms with Crippen LogP contribution in [0.25, 0.3) is 0 Å². The molecular formula is C18H19NO3. The number of Topliss-reactive ketones (excluding diaryl/α,β-unsaturated/α-hetero) is 2. The maximum absolute atomic E-state index is 12.1. The maximum atomic E-state index is 12.1. The number of carbonyl (C=O) groups excluding carboxylic acids is 2. The number of hydrogen-bond acceptors (Lipinski definition) is 4. The van der Waals surface area contributed by atoms with E-state index in [1.165, 1.54) is 6.92 Å². The first kappa shape index (κ1) is 15.9. The van der Waals surface area contributed by atoms with Crippen LogP contribution < -0.4 is 4.74 Å². The van der Waals surface area contributed by atoms with Gasteiger partial charge in [0.2, 0.25) is 5.88 Å². The smallest absolute Gasteiger partial charge is 0.225 e. The summed E-state index contributed by atoms with van der Waals surface area (Å²) in [6.45, 7) is 6.95. The van der Waals surface area contributed by atoms with E-state index >= 15 is 0 Å². The molecule has 0 aliphatic rings. The lowest BCUT2D eigenvalue weighted by atomic mass is 10.1. The fourth-order valence-corrected chi connectivity index (χ4v) is 2.29. The van der Waals surface area contributed by atoms with E-state index in [1.54, 1.807) is 12.1 Å². The van der Waals surface area contributed by atoms with Gasteiger partial charge in [0, 0.05) is 11.3 Å². The van der Waals surface area contributed by atoms with E-state index < -0.39 is 0 Å². The number of pyridine rings is 1. The summed E-state index contributed by atoms with van der Waals surface area (Å²) in [5, 5.41) is 0. The van der Waals surface area contributed by atoms with E-state index in [2.05, 4.69) is 4.98 Å². The molecule has 0 fully saturated rings. The molecule has 0 saturated heterocycles. The van der Waals surface area contributed by atoms with Crippen LogP contribution in [0.4, 0.5) is 0 Å². The third-order valence-electron chi connectivity index (χ3n) is 3.38. The molecule has 1 aromatic heterocycles. The Bertz CT molecular complexity index is 718. The van der Waals surface area contributed by atoms with Crippen molar-refractivity contribution in [3.8, 4) is 5.88 Å². The molecule has 0 N–H and O–H groups in total. The molecule has 1 heterocycles. The van der Waals surface area contributed by atoms with Gasteiger partial charge in [0.1, 0.15) is 0 Å². The summed E-state index contributed by atoms with van der Waals surface area (Å²) in [4.78, 5) is 28.1. The van der Waals surface area contributed by atoms with Gasteiger partial charge < -0.3 is 4.74 Å². The van der Waals surface area contributed by atoms with Gasteiger partial charge in [0.25, 0.3) is 0 Å². The fourth-order valence-electron chi connectivity index (χ4n) is 2.29. The minimum Gasteiger partial charge on any atom is -0.469 e. The summed E-state index contributed by atoms with van der Waals surface area (Å²) in [6.07, 6.45) is 0. The number of rotatable bonds is 5. The van der Waals surface area contributed by atoms with Crippen molar-refractivity contribution in [1.82, 2.24) is 4.98 Å². The first-order valence-electron chi connectivity index (χ1n) is 7.10. The highest BCUT2D eigenvalue weighted by atomic mass is 16.5. The Hall–Kier alpha value is -2.49. The number of aromatic nitrogens is 1. The average Bonchev–Trinajstić information content (AvgIpc) is 2.44. The molecular weight excluding hydrogens is 278 g/mol. The van der Waals surface area contributed by atoms with Crippen molar-refractivity contribution in [3.05, 3.63) is 58.3 Å². The molecule has 2 aromatic rings. The van der Waals surface area contributed by atoms with Crippen molar-refractivity contribution in [2.24, 2.45) is 0 Å². The fraction of sp³-hybridized carbons (Fsp3) is 0.278. The summed E-state index contributed by atoms with van der Waals surface area (Å²) in [5.41, 5.74) is 3.66. The number of carbonyl (C=O) groups is 2. The monoisotopic (exact) mass is 297 g/mol. The van der Waals surface area contributed by atoms with E-state index in [0.717, 1.165) is 16.8 Å². The summed E-state index contributed by atoms with van der Waals surface area (Å²) in [6, 6.07) is 9.11. The van der Waals surface area contributed by atoms with Crippen molar-refractivity contribution in [2.45, 2.75) is 27.7 Å². The molecule has 0 bridgehead atoms. The van der Waals surface area contributed by atoms with E-state index in [9.17, 15) is 9.59 Å². The molecule has 22 heavy (non-hydrogen) atoms. The number of ether oxygens (including phenoxy) is 1. The molecule has 0 radical (unpaired) electrons. The summed E-state index contributed by atoms with van der Waals surface area (Å²) in [5.74, 6) is -0.0382. The Morgan fingerprint density at radius 2 is 1.73 bits per heavy atom. The highest BCUT2D eigenvalue weighted by Crippen LogP contribution is 2.21. The lowest BCUT2D eigenvalue weighted by molar-refractivity contribution is 0.0909. The zero-order valence-corrected chi connectivity index (χ0v) is 13.3. The predicted octanol–water partition coefficient (Wildman–Crippen LogP) is 3.47. The van der Waals surface area contributed by atoms with Crippen molar-refractivity contribution in [2.75, 3.05) is 6.61 Å². The van der Waals surface area contributed by atoms with Crippen LogP contribution in [-0.4, -0.2) is 23.2 Å². The minimum atomic E-state index is -0.143. The van der Waals surface area contributed by atoms with E-state index in [4.69, 9.17) is 4.74 Å². The number of benzene rings is 1. The molecule has 0 spiro atoms. The molecule has 0 saturated carbocycles. The van der Waals surface area contributed by atoms with Gasteiger partial charge in [0.15, 0.2) is 18.2 Å². The molecule has 0 aliphatic heterocycles. The van der Waals surface area contributed by atoms with Crippen molar-refractivity contribution in [1.29, 1.82) is 0 Å². The average molecular weight is 297 g/mol. The molecule has 0 unspecified atom stereocenters. The lowest BCUT2D eigenvalue weighted by Crippen LogP contribution is -2.15. The standard InChI is InChI=1S/C18H19NO3/c1-11-5-7-15(8-6-11)16(21)10-22-18-17(14(4)20)12(2)9-13(3)19-18/h5-9H,10H2,1-4H3. The van der Waals surface area contributed by atoms with Crippen molar-refractivity contribution in [3.63, 3.8) is 0 Å². The largest absolute Gasteiger partial charge is 0.469 e. The number of hydrogen-bond donors (Lipinski definition) is 0. The second-order valence-corrected chi connectivity index (χ2v) is 5.39. The molecule has 1 aromatic carbocycles. The second-order valence-electron chi connectivity index (χ2n) is 5.39. The molecule has 0 aliphatic carbocycles. The van der Waals surface area contributed by atoms with Crippen LogP contribution >= 0.6 is 0 Å². The first-order valence-corrected chi connectivity index (χ1v) is 7.10. The van der Waals surface area contributed by atoms with Gasteiger partial charge >= 0.3 is 0 Å². The topological polar surface area (TPSA) is 56.3 Å². The van der Waals surface area contributed by atoms with Crippen LogP contribution in [0, 0.1) is 20.8 Å². The van der Waals surface area contributed by atoms with E-state index in [1.807, 2.05) is 39.0 Å². The Labute approximate surface area is 130 Å². The summed E-state index contributed by atoms with van der Waals surface area (Å²) in [7, 11) is 0. The van der Waals surface area contributed by atoms with E-state index in [-0.39, 0.29) is 24.1 Å². The van der Waals surface area contributed by atoms with Crippen LogP contribution in [0.15, 0.2) is 30.3 Å². The number of ketones is 2. The Morgan fingerprint density at radius 3 is 2.32 bits per heavy atom. The van der Waals surface area contributed by atoms with Gasteiger partial charge in [-0.15, -0.1) is 0 Å². The quantitative estimate of drug-likeness (QED) is 0.793. The molecule has 4 heteroatoms. The second kappa shape index (κ2) is 6.52. The van der Waals surface area contributed by atoms with Crippen LogP contribution in [0.2, 0.25) is 0 Å². The van der Waals surface area contributed by atoms with Gasteiger partial charge in [-0.1, -0.05) is 29.8 Å². The number of aryl methyl sites for hydroxylation is 3. The van der Waals surface area contributed by atoms with Crippen LogP contribution in [-0.2, 0) is 0 Å². The summed E-state index contributed by atoms with van der Waals surface area (Å²) < 4.78 is 5.53. The van der Waals surface area contributed by atoms with Gasteiger partial charge in [0.05, 0.1) is 5.56 Å². The Balaban J connectivity index is 2.19. The molecule has 0 amide bonds. The van der Waals surface area contributed by atoms with Crippen molar-refractivity contribution >= 4 is 11.6 Å². The van der Waals surface area contributed by atoms with Gasteiger partial charge in [-0.25, -0.2) is 4.98 Å².